The van der Waals surface area contributed by atoms with Crippen molar-refractivity contribution in [3.05, 3.63) is 34.5 Å². The van der Waals surface area contributed by atoms with Crippen LogP contribution in [0.3, 0.4) is 0 Å². The summed E-state index contributed by atoms with van der Waals surface area (Å²) in [7, 11) is 0. The number of hydrogen-bond donors (Lipinski definition) is 0. The fourth-order valence-corrected chi connectivity index (χ4v) is 2.91. The van der Waals surface area contributed by atoms with Gasteiger partial charge in [-0.1, -0.05) is 11.6 Å². The minimum absolute atomic E-state index is 0.463. The number of nitriles is 1. The smallest absolute Gasteiger partial charge is 0.176 e. The van der Waals surface area contributed by atoms with Gasteiger partial charge in [0.05, 0.1) is 10.7 Å². The van der Waals surface area contributed by atoms with Crippen molar-refractivity contribution in [2.75, 3.05) is 18.0 Å². The van der Waals surface area contributed by atoms with Crippen LogP contribution in [0.2, 0.25) is 5.02 Å². The van der Waals surface area contributed by atoms with Crippen LogP contribution in [0.15, 0.2) is 28.4 Å². The first-order chi connectivity index (χ1) is 10.6. The number of nitrogens with zero attached hydrogens (tertiary/aromatic N) is 5. The average molecular weight is 334 g/mol. The summed E-state index contributed by atoms with van der Waals surface area (Å²) in [5, 5.41) is 18.4. The van der Waals surface area contributed by atoms with Crippen molar-refractivity contribution < 1.29 is 0 Å². The van der Waals surface area contributed by atoms with Crippen molar-refractivity contribution in [3.8, 4) is 6.07 Å². The average Bonchev–Trinajstić information content (AvgIpc) is 2.87. The van der Waals surface area contributed by atoms with Crippen molar-refractivity contribution in [3.63, 3.8) is 0 Å². The summed E-state index contributed by atoms with van der Waals surface area (Å²) in [5.74, 6) is 0. The minimum atomic E-state index is 0.463. The van der Waals surface area contributed by atoms with Gasteiger partial charge >= 0.3 is 0 Å². The van der Waals surface area contributed by atoms with Crippen LogP contribution in [-0.2, 0) is 0 Å². The molecule has 2 rings (SSSR count). The Labute approximate surface area is 139 Å². The number of hydrogen-bond acceptors (Lipinski definition) is 6. The van der Waals surface area contributed by atoms with Crippen LogP contribution in [0.4, 0.5) is 16.4 Å². The van der Waals surface area contributed by atoms with Crippen LogP contribution in [0, 0.1) is 18.3 Å². The molecule has 0 spiro atoms. The second kappa shape index (κ2) is 7.34. The summed E-state index contributed by atoms with van der Waals surface area (Å²) in [5.41, 5.74) is 2.77. The van der Waals surface area contributed by atoms with Gasteiger partial charge in [-0.25, -0.2) is 0 Å². The van der Waals surface area contributed by atoms with Gasteiger partial charge in [-0.05, 0) is 50.5 Å². The third-order valence-corrected chi connectivity index (χ3v) is 4.39. The maximum atomic E-state index is 9.08. The molecule has 0 atom stereocenters. The van der Waals surface area contributed by atoms with Crippen LogP contribution in [0.25, 0.3) is 0 Å². The fourth-order valence-electron chi connectivity index (χ4n) is 2.02. The number of anilines is 1. The molecule has 2 aromatic rings. The molecule has 1 aromatic carbocycles. The molecule has 0 aliphatic carbocycles. The Morgan fingerprint density at radius 2 is 2.05 bits per heavy atom. The number of halogens is 1. The first kappa shape index (κ1) is 16.4. The Balaban J connectivity index is 2.27. The van der Waals surface area contributed by atoms with Gasteiger partial charge in [0.1, 0.15) is 17.3 Å². The lowest BCUT2D eigenvalue weighted by Crippen LogP contribution is -2.21. The zero-order valence-electron chi connectivity index (χ0n) is 12.7. The van der Waals surface area contributed by atoms with Gasteiger partial charge in [-0.15, -0.1) is 10.2 Å². The van der Waals surface area contributed by atoms with Gasteiger partial charge in [0.25, 0.3) is 0 Å². The van der Waals surface area contributed by atoms with E-state index in [0.29, 0.717) is 27.0 Å². The highest BCUT2D eigenvalue weighted by atomic mass is 35.5. The van der Waals surface area contributed by atoms with E-state index in [9.17, 15) is 0 Å². The first-order valence-corrected chi connectivity index (χ1v) is 8.08. The van der Waals surface area contributed by atoms with E-state index in [1.807, 2.05) is 18.2 Å². The summed E-state index contributed by atoms with van der Waals surface area (Å²) in [6.45, 7) is 7.81. The molecule has 0 fully saturated rings. The number of benzene rings is 1. The third-order valence-electron chi connectivity index (χ3n) is 3.26. The number of rotatable bonds is 5. The summed E-state index contributed by atoms with van der Waals surface area (Å²) in [4.78, 5) is 2.20. The van der Waals surface area contributed by atoms with E-state index in [4.69, 9.17) is 16.9 Å². The van der Waals surface area contributed by atoms with Gasteiger partial charge in [-0.3, -0.25) is 0 Å². The highest BCUT2D eigenvalue weighted by Crippen LogP contribution is 2.33. The molecule has 22 heavy (non-hydrogen) atoms. The summed E-state index contributed by atoms with van der Waals surface area (Å²) >= 11 is 7.43. The van der Waals surface area contributed by atoms with E-state index in [0.717, 1.165) is 30.3 Å². The van der Waals surface area contributed by atoms with Gasteiger partial charge < -0.3 is 4.90 Å². The molecule has 0 amide bonds. The second-order valence-corrected chi connectivity index (χ2v) is 5.73. The maximum absolute atomic E-state index is 9.08. The highest BCUT2D eigenvalue weighted by molar-refractivity contribution is 7.10. The predicted octanol–water partition coefficient (Wildman–Crippen LogP) is 5.24. The zero-order valence-corrected chi connectivity index (χ0v) is 14.2. The highest BCUT2D eigenvalue weighted by Gasteiger charge is 2.10. The van der Waals surface area contributed by atoms with Gasteiger partial charge in [0.2, 0.25) is 0 Å². The predicted molar refractivity (Wildman–Crippen MR) is 90.8 cm³/mol. The molecule has 7 heteroatoms. The van der Waals surface area contributed by atoms with Crippen LogP contribution in [0.1, 0.15) is 25.1 Å². The molecule has 0 saturated carbocycles. The normalized spacial score (nSPS) is 10.9. The standard InChI is InChI=1S/C15H16ClN5S/c1-4-21(5-2)11-6-7-14(13(16)8-11)18-19-15-12(9-17)10(3)20-22-15/h6-8H,4-5H2,1-3H3. The molecule has 0 aliphatic heterocycles. The largest absolute Gasteiger partial charge is 0.372 e. The summed E-state index contributed by atoms with van der Waals surface area (Å²) < 4.78 is 4.11. The van der Waals surface area contributed by atoms with E-state index in [2.05, 4.69) is 39.4 Å². The van der Waals surface area contributed by atoms with Crippen LogP contribution in [-0.4, -0.2) is 17.5 Å². The quantitative estimate of drug-likeness (QED) is 0.703. The fraction of sp³-hybridized carbons (Fsp3) is 0.333. The maximum Gasteiger partial charge on any atom is 0.176 e. The SMILES string of the molecule is CCN(CC)c1ccc(N=Nc2snc(C)c2C#N)c(Cl)c1. The molecule has 0 unspecified atom stereocenters. The molecule has 0 N–H and O–H groups in total. The molecule has 114 valence electrons. The zero-order chi connectivity index (χ0) is 16.1. The number of azo groups is 1. The van der Waals surface area contributed by atoms with Crippen molar-refractivity contribution in [1.29, 1.82) is 5.26 Å². The van der Waals surface area contributed by atoms with E-state index >= 15 is 0 Å². The number of aryl methyl sites for hydroxylation is 1. The molecule has 5 nitrogen and oxygen atoms in total. The molecule has 0 aliphatic rings. The van der Waals surface area contributed by atoms with Gasteiger partial charge in [0, 0.05) is 18.8 Å². The molecular formula is C15H16ClN5S. The first-order valence-electron chi connectivity index (χ1n) is 6.93. The molecule has 1 aromatic heterocycles. The van der Waals surface area contributed by atoms with Crippen LogP contribution >= 0.6 is 23.1 Å². The summed E-state index contributed by atoms with van der Waals surface area (Å²) in [6.07, 6.45) is 0. The Hall–Kier alpha value is -1.97. The molecule has 0 radical (unpaired) electrons. The summed E-state index contributed by atoms with van der Waals surface area (Å²) in [6, 6.07) is 7.77. The topological polar surface area (TPSA) is 64.6 Å². The van der Waals surface area contributed by atoms with E-state index in [-0.39, 0.29) is 0 Å². The molecule has 1 heterocycles. The third kappa shape index (κ3) is 3.43. The van der Waals surface area contributed by atoms with E-state index in [1.165, 1.54) is 0 Å². The lowest BCUT2D eigenvalue weighted by atomic mass is 10.2. The Kier molecular flexibility index (Phi) is 5.47. The van der Waals surface area contributed by atoms with Crippen LogP contribution in [0.5, 0.6) is 0 Å². The monoisotopic (exact) mass is 333 g/mol. The van der Waals surface area contributed by atoms with Crippen LogP contribution < -0.4 is 4.90 Å². The van der Waals surface area contributed by atoms with Crippen molar-refractivity contribution >= 4 is 39.5 Å². The van der Waals surface area contributed by atoms with Crippen molar-refractivity contribution in [2.45, 2.75) is 20.8 Å². The van der Waals surface area contributed by atoms with E-state index < -0.39 is 0 Å². The lowest BCUT2D eigenvalue weighted by Gasteiger charge is -2.21. The Morgan fingerprint density at radius 1 is 1.32 bits per heavy atom. The second-order valence-electron chi connectivity index (χ2n) is 4.57. The number of aromatic nitrogens is 1. The Bertz CT molecular complexity index is 728. The Morgan fingerprint density at radius 3 is 2.64 bits per heavy atom. The van der Waals surface area contributed by atoms with Gasteiger partial charge in [-0.2, -0.15) is 9.64 Å². The molecule has 0 saturated heterocycles. The van der Waals surface area contributed by atoms with Crippen molar-refractivity contribution in [1.82, 2.24) is 4.37 Å². The minimum Gasteiger partial charge on any atom is -0.372 e. The lowest BCUT2D eigenvalue weighted by molar-refractivity contribution is 0.866. The molecular weight excluding hydrogens is 318 g/mol. The van der Waals surface area contributed by atoms with Gasteiger partial charge in [0.15, 0.2) is 5.00 Å². The van der Waals surface area contributed by atoms with E-state index in [1.54, 1.807) is 6.92 Å². The van der Waals surface area contributed by atoms with Crippen molar-refractivity contribution in [2.24, 2.45) is 10.2 Å². The molecule has 0 bridgehead atoms.